The van der Waals surface area contributed by atoms with Crippen molar-refractivity contribution in [1.82, 2.24) is 0 Å². The van der Waals surface area contributed by atoms with E-state index in [0.717, 1.165) is 12.4 Å². The van der Waals surface area contributed by atoms with Crippen molar-refractivity contribution in [1.29, 1.82) is 0 Å². The molecular weight excluding hydrogens is 332 g/mol. The van der Waals surface area contributed by atoms with Gasteiger partial charge in [0.05, 0.1) is 6.61 Å². The summed E-state index contributed by atoms with van der Waals surface area (Å²) >= 11 is 0. The molecule has 0 bridgehead atoms. The van der Waals surface area contributed by atoms with Gasteiger partial charge in [0.25, 0.3) is 0 Å². The summed E-state index contributed by atoms with van der Waals surface area (Å²) in [5.74, 6) is 0.925. The van der Waals surface area contributed by atoms with Gasteiger partial charge in [0, 0.05) is 0 Å². The molecule has 0 spiro atoms. The van der Waals surface area contributed by atoms with Crippen LogP contribution in [0.2, 0.25) is 0 Å². The molecule has 152 valence electrons. The molecule has 1 aliphatic heterocycles. The summed E-state index contributed by atoms with van der Waals surface area (Å²) in [6.07, 6.45) is 21.2. The van der Waals surface area contributed by atoms with E-state index < -0.39 is 0 Å². The van der Waals surface area contributed by atoms with Crippen LogP contribution in [0.1, 0.15) is 96.5 Å². The average Bonchev–Trinajstić information content (AvgIpc) is 3.42. The van der Waals surface area contributed by atoms with Gasteiger partial charge in [-0.05, 0) is 37.5 Å². The van der Waals surface area contributed by atoms with E-state index in [9.17, 15) is 0 Å². The van der Waals surface area contributed by atoms with E-state index in [0.29, 0.717) is 6.61 Å². The lowest BCUT2D eigenvalue weighted by atomic mass is 10.1. The van der Waals surface area contributed by atoms with Crippen LogP contribution in [0.25, 0.3) is 6.08 Å². The van der Waals surface area contributed by atoms with Crippen molar-refractivity contribution in [3.05, 3.63) is 35.9 Å². The highest BCUT2D eigenvalue weighted by Crippen LogP contribution is 2.27. The van der Waals surface area contributed by atoms with Crippen molar-refractivity contribution in [2.75, 3.05) is 13.2 Å². The molecule has 0 radical (unpaired) electrons. The predicted octanol–water partition coefficient (Wildman–Crippen LogP) is 7.57. The number of hydrogen-bond donors (Lipinski definition) is 0. The van der Waals surface area contributed by atoms with Gasteiger partial charge < -0.3 is 9.47 Å². The van der Waals surface area contributed by atoms with E-state index in [1.165, 1.54) is 82.6 Å². The van der Waals surface area contributed by atoms with E-state index >= 15 is 0 Å². The van der Waals surface area contributed by atoms with Crippen molar-refractivity contribution in [2.45, 2.75) is 96.5 Å². The SMILES string of the molecule is CCCCCCCCCCCCC/C=C/c1ccc(OCC2(C)CO2)cc1. The fourth-order valence-electron chi connectivity index (χ4n) is 3.26. The Balaban J connectivity index is 1.43. The second-order valence-corrected chi connectivity index (χ2v) is 8.32. The van der Waals surface area contributed by atoms with Crippen LogP contribution >= 0.6 is 0 Å². The fraction of sp³-hybridized carbons (Fsp3) is 0.680. The molecule has 1 fully saturated rings. The largest absolute Gasteiger partial charge is 0.491 e. The maximum absolute atomic E-state index is 5.76. The van der Waals surface area contributed by atoms with Gasteiger partial charge in [-0.1, -0.05) is 95.4 Å². The van der Waals surface area contributed by atoms with Crippen molar-refractivity contribution in [3.8, 4) is 5.75 Å². The minimum Gasteiger partial charge on any atom is -0.491 e. The standard InChI is InChI=1S/C25H40O2/c1-3-4-5-6-7-8-9-10-11-12-13-14-15-16-23-17-19-24(20-18-23)26-21-25(2)22-27-25/h15-20H,3-14,21-22H2,1-2H3/b16-15+. The molecule has 1 saturated heterocycles. The van der Waals surface area contributed by atoms with Crippen molar-refractivity contribution < 1.29 is 9.47 Å². The first kappa shape index (κ1) is 22.0. The number of epoxide rings is 1. The van der Waals surface area contributed by atoms with E-state index in [2.05, 4.69) is 38.1 Å². The third-order valence-corrected chi connectivity index (χ3v) is 5.35. The summed E-state index contributed by atoms with van der Waals surface area (Å²) in [5, 5.41) is 0. The fourth-order valence-corrected chi connectivity index (χ4v) is 3.26. The minimum absolute atomic E-state index is 0.0484. The second-order valence-electron chi connectivity index (χ2n) is 8.32. The summed E-state index contributed by atoms with van der Waals surface area (Å²) in [4.78, 5) is 0. The van der Waals surface area contributed by atoms with Crippen LogP contribution in [-0.2, 0) is 4.74 Å². The summed E-state index contributed by atoms with van der Waals surface area (Å²) in [7, 11) is 0. The van der Waals surface area contributed by atoms with E-state index in [1.54, 1.807) is 0 Å². The molecular formula is C25H40O2. The lowest BCUT2D eigenvalue weighted by molar-refractivity contribution is 0.202. The van der Waals surface area contributed by atoms with Crippen LogP contribution in [0, 0.1) is 0 Å². The van der Waals surface area contributed by atoms with Crippen molar-refractivity contribution in [2.24, 2.45) is 0 Å². The second kappa shape index (κ2) is 13.0. The monoisotopic (exact) mass is 372 g/mol. The Bertz CT molecular complexity index is 514. The smallest absolute Gasteiger partial charge is 0.123 e. The summed E-state index contributed by atoms with van der Waals surface area (Å²) in [6, 6.07) is 8.35. The highest BCUT2D eigenvalue weighted by atomic mass is 16.6. The van der Waals surface area contributed by atoms with Gasteiger partial charge >= 0.3 is 0 Å². The molecule has 0 saturated carbocycles. The maximum atomic E-state index is 5.76. The molecule has 1 heterocycles. The average molecular weight is 373 g/mol. The van der Waals surface area contributed by atoms with Crippen LogP contribution in [0.5, 0.6) is 5.75 Å². The molecule has 1 atom stereocenters. The van der Waals surface area contributed by atoms with Gasteiger partial charge in [0.15, 0.2) is 0 Å². The van der Waals surface area contributed by atoms with Crippen LogP contribution in [0.3, 0.4) is 0 Å². The molecule has 1 aromatic carbocycles. The Morgan fingerprint density at radius 2 is 1.44 bits per heavy atom. The van der Waals surface area contributed by atoms with E-state index in [1.807, 2.05) is 12.1 Å². The molecule has 27 heavy (non-hydrogen) atoms. The molecule has 0 aromatic heterocycles. The van der Waals surface area contributed by atoms with E-state index in [-0.39, 0.29) is 5.60 Å². The number of allylic oxidation sites excluding steroid dienone is 1. The number of ether oxygens (including phenoxy) is 2. The predicted molar refractivity (Wildman–Crippen MR) is 116 cm³/mol. The van der Waals surface area contributed by atoms with Crippen LogP contribution in [0.4, 0.5) is 0 Å². The first-order chi connectivity index (χ1) is 13.2. The highest BCUT2D eigenvalue weighted by Gasteiger charge is 2.40. The van der Waals surface area contributed by atoms with Crippen molar-refractivity contribution >= 4 is 6.08 Å². The van der Waals surface area contributed by atoms with Crippen LogP contribution < -0.4 is 4.74 Å². The molecule has 1 aromatic rings. The zero-order valence-electron chi connectivity index (χ0n) is 17.7. The molecule has 0 N–H and O–H groups in total. The van der Waals surface area contributed by atoms with Gasteiger partial charge in [-0.3, -0.25) is 0 Å². The van der Waals surface area contributed by atoms with Gasteiger partial charge in [-0.25, -0.2) is 0 Å². The van der Waals surface area contributed by atoms with Gasteiger partial charge in [-0.2, -0.15) is 0 Å². The number of benzene rings is 1. The molecule has 1 unspecified atom stereocenters. The van der Waals surface area contributed by atoms with Crippen molar-refractivity contribution in [3.63, 3.8) is 0 Å². The zero-order valence-corrected chi connectivity index (χ0v) is 17.7. The third kappa shape index (κ3) is 10.6. The molecule has 0 aliphatic carbocycles. The minimum atomic E-state index is -0.0484. The van der Waals surface area contributed by atoms with Gasteiger partial charge in [0.2, 0.25) is 0 Å². The number of rotatable bonds is 16. The topological polar surface area (TPSA) is 21.8 Å². The maximum Gasteiger partial charge on any atom is 0.123 e. The molecule has 1 aliphatic rings. The summed E-state index contributed by atoms with van der Waals surface area (Å²) in [5.41, 5.74) is 1.20. The van der Waals surface area contributed by atoms with Crippen LogP contribution in [0.15, 0.2) is 30.3 Å². The number of unbranched alkanes of at least 4 members (excludes halogenated alkanes) is 11. The van der Waals surface area contributed by atoms with Gasteiger partial charge in [0.1, 0.15) is 18.0 Å². The quantitative estimate of drug-likeness (QED) is 0.220. The van der Waals surface area contributed by atoms with E-state index in [4.69, 9.17) is 9.47 Å². The summed E-state index contributed by atoms with van der Waals surface area (Å²) < 4.78 is 11.1. The Morgan fingerprint density at radius 3 is 2.00 bits per heavy atom. The molecule has 2 nitrogen and oxygen atoms in total. The Kier molecular flexibility index (Phi) is 10.6. The first-order valence-electron chi connectivity index (χ1n) is 11.3. The number of hydrogen-bond acceptors (Lipinski definition) is 2. The Labute approximate surface area is 167 Å². The van der Waals surface area contributed by atoms with Crippen LogP contribution in [-0.4, -0.2) is 18.8 Å². The Morgan fingerprint density at radius 1 is 0.889 bits per heavy atom. The first-order valence-corrected chi connectivity index (χ1v) is 11.3. The lowest BCUT2D eigenvalue weighted by Gasteiger charge is -2.08. The molecule has 2 rings (SSSR count). The zero-order chi connectivity index (χ0) is 19.2. The lowest BCUT2D eigenvalue weighted by Crippen LogP contribution is -2.16. The molecule has 0 amide bonds. The third-order valence-electron chi connectivity index (χ3n) is 5.35. The summed E-state index contributed by atoms with van der Waals surface area (Å²) in [6.45, 7) is 5.82. The normalized spacial score (nSPS) is 18.9. The highest BCUT2D eigenvalue weighted by molar-refractivity contribution is 5.50. The Hall–Kier alpha value is -1.28. The van der Waals surface area contributed by atoms with Gasteiger partial charge in [-0.15, -0.1) is 0 Å². The molecule has 2 heteroatoms.